The van der Waals surface area contributed by atoms with E-state index in [9.17, 15) is 4.79 Å². The summed E-state index contributed by atoms with van der Waals surface area (Å²) in [5.41, 5.74) is 0.772. The van der Waals surface area contributed by atoms with E-state index in [1.807, 2.05) is 6.07 Å². The van der Waals surface area contributed by atoms with Crippen molar-refractivity contribution in [1.82, 2.24) is 9.88 Å². The summed E-state index contributed by atoms with van der Waals surface area (Å²) in [4.78, 5) is 16.7. The summed E-state index contributed by atoms with van der Waals surface area (Å²) in [6, 6.07) is 3.13. The van der Waals surface area contributed by atoms with Crippen LogP contribution in [0.3, 0.4) is 0 Å². The van der Waals surface area contributed by atoms with Crippen molar-refractivity contribution in [2.75, 3.05) is 11.9 Å². The third kappa shape index (κ3) is 2.71. The third-order valence-electron chi connectivity index (χ3n) is 2.71. The van der Waals surface area contributed by atoms with Gasteiger partial charge in [0.15, 0.2) is 5.11 Å². The van der Waals surface area contributed by atoms with Gasteiger partial charge in [0.05, 0.1) is 11.9 Å². The number of nitrogens with one attached hydrogen (secondary N) is 1. The fourth-order valence-electron chi connectivity index (χ4n) is 1.90. The molecule has 0 aromatic carbocycles. The van der Waals surface area contributed by atoms with Crippen molar-refractivity contribution in [1.29, 1.82) is 0 Å². The highest BCUT2D eigenvalue weighted by atomic mass is 32.1. The molecule has 6 heteroatoms. The molecule has 1 aliphatic heterocycles. The first-order chi connectivity index (χ1) is 8.18. The molecule has 0 saturated carbocycles. The van der Waals surface area contributed by atoms with Gasteiger partial charge in [-0.25, -0.2) is 4.79 Å². The first-order valence-electron chi connectivity index (χ1n) is 5.39. The Labute approximate surface area is 104 Å². The van der Waals surface area contributed by atoms with Crippen molar-refractivity contribution in [2.45, 2.75) is 18.9 Å². The van der Waals surface area contributed by atoms with Gasteiger partial charge in [-0.05, 0) is 37.2 Å². The van der Waals surface area contributed by atoms with Crippen LogP contribution >= 0.6 is 12.2 Å². The largest absolute Gasteiger partial charge is 0.480 e. The molecule has 2 rings (SSSR count). The molecule has 0 unspecified atom stereocenters. The van der Waals surface area contributed by atoms with Crippen LogP contribution in [0.1, 0.15) is 12.8 Å². The maximum Gasteiger partial charge on any atom is 0.326 e. The molecule has 17 heavy (non-hydrogen) atoms. The Kier molecular flexibility index (Phi) is 3.53. The Morgan fingerprint density at radius 2 is 2.47 bits per heavy atom. The molecule has 0 amide bonds. The van der Waals surface area contributed by atoms with Crippen LogP contribution in [-0.2, 0) is 4.79 Å². The highest BCUT2D eigenvalue weighted by Gasteiger charge is 2.32. The molecule has 2 heterocycles. The van der Waals surface area contributed by atoms with Crippen molar-refractivity contribution in [2.24, 2.45) is 0 Å². The molecule has 1 aromatic heterocycles. The number of pyridine rings is 1. The monoisotopic (exact) mass is 251 g/mol. The van der Waals surface area contributed by atoms with Crippen LogP contribution in [-0.4, -0.2) is 38.7 Å². The second-order valence-electron chi connectivity index (χ2n) is 3.86. The van der Waals surface area contributed by atoms with Crippen LogP contribution in [0.5, 0.6) is 0 Å². The molecule has 0 spiro atoms. The number of carboxylic acid groups (broad SMARTS) is 1. The molecule has 1 atom stereocenters. The van der Waals surface area contributed by atoms with Crippen LogP contribution in [0, 0.1) is 0 Å². The van der Waals surface area contributed by atoms with Crippen molar-refractivity contribution < 1.29 is 9.90 Å². The summed E-state index contributed by atoms with van der Waals surface area (Å²) in [6.45, 7) is 0.684. The smallest absolute Gasteiger partial charge is 0.326 e. The molecular formula is C11H13N3O2S. The average Bonchev–Trinajstić information content (AvgIpc) is 2.79. The fourth-order valence-corrected chi connectivity index (χ4v) is 2.23. The summed E-state index contributed by atoms with van der Waals surface area (Å²) >= 11 is 5.22. The molecule has 0 aliphatic carbocycles. The quantitative estimate of drug-likeness (QED) is 0.773. The van der Waals surface area contributed by atoms with Crippen molar-refractivity contribution in [3.8, 4) is 0 Å². The van der Waals surface area contributed by atoms with Gasteiger partial charge in [-0.15, -0.1) is 0 Å². The minimum atomic E-state index is -0.821. The Bertz CT molecular complexity index is 424. The molecule has 1 saturated heterocycles. The lowest BCUT2D eigenvalue weighted by Gasteiger charge is -2.24. The highest BCUT2D eigenvalue weighted by molar-refractivity contribution is 7.80. The van der Waals surface area contributed by atoms with Crippen LogP contribution < -0.4 is 5.32 Å². The first kappa shape index (κ1) is 11.8. The van der Waals surface area contributed by atoms with Gasteiger partial charge < -0.3 is 15.3 Å². The summed E-state index contributed by atoms with van der Waals surface area (Å²) in [5.74, 6) is -0.821. The van der Waals surface area contributed by atoms with Crippen molar-refractivity contribution >= 4 is 29.0 Å². The summed E-state index contributed by atoms with van der Waals surface area (Å²) in [5, 5.41) is 12.5. The van der Waals surface area contributed by atoms with Crippen molar-refractivity contribution in [3.63, 3.8) is 0 Å². The van der Waals surface area contributed by atoms with E-state index in [0.29, 0.717) is 18.1 Å². The molecule has 2 N–H and O–H groups in total. The number of carboxylic acids is 1. The topological polar surface area (TPSA) is 65.5 Å². The van der Waals surface area contributed by atoms with Crippen LogP contribution in [0.15, 0.2) is 24.5 Å². The van der Waals surface area contributed by atoms with Crippen LogP contribution in [0.25, 0.3) is 0 Å². The van der Waals surface area contributed by atoms with E-state index < -0.39 is 12.0 Å². The zero-order valence-corrected chi connectivity index (χ0v) is 9.98. The maximum absolute atomic E-state index is 11.0. The summed E-state index contributed by atoms with van der Waals surface area (Å²) in [7, 11) is 0. The second-order valence-corrected chi connectivity index (χ2v) is 4.25. The molecule has 1 fully saturated rings. The van der Waals surface area contributed by atoms with E-state index in [4.69, 9.17) is 17.3 Å². The van der Waals surface area contributed by atoms with E-state index in [2.05, 4.69) is 10.3 Å². The molecule has 1 aliphatic rings. The first-order valence-corrected chi connectivity index (χ1v) is 5.80. The molecule has 90 valence electrons. The molecule has 5 nitrogen and oxygen atoms in total. The molecular weight excluding hydrogens is 238 g/mol. The van der Waals surface area contributed by atoms with Crippen LogP contribution in [0.4, 0.5) is 5.69 Å². The van der Waals surface area contributed by atoms with E-state index in [1.54, 1.807) is 23.4 Å². The highest BCUT2D eigenvalue weighted by Crippen LogP contribution is 2.19. The Morgan fingerprint density at radius 1 is 1.65 bits per heavy atom. The van der Waals surface area contributed by atoms with Gasteiger partial charge in [0, 0.05) is 12.7 Å². The van der Waals surface area contributed by atoms with Gasteiger partial charge in [0.1, 0.15) is 6.04 Å². The lowest BCUT2D eigenvalue weighted by atomic mass is 10.2. The number of rotatable bonds is 2. The number of hydrogen-bond acceptors (Lipinski definition) is 3. The average molecular weight is 251 g/mol. The van der Waals surface area contributed by atoms with Crippen molar-refractivity contribution in [3.05, 3.63) is 24.5 Å². The number of carbonyl (C=O) groups is 1. The van der Waals surface area contributed by atoms with Gasteiger partial charge in [-0.3, -0.25) is 4.98 Å². The Morgan fingerprint density at radius 3 is 3.12 bits per heavy atom. The zero-order valence-electron chi connectivity index (χ0n) is 9.17. The second kappa shape index (κ2) is 5.09. The Balaban J connectivity index is 2.03. The van der Waals surface area contributed by atoms with Gasteiger partial charge in [0.25, 0.3) is 0 Å². The van der Waals surface area contributed by atoms with E-state index in [0.717, 1.165) is 12.1 Å². The number of thiocarbonyl (C=S) groups is 1. The summed E-state index contributed by atoms with van der Waals surface area (Å²) in [6.07, 6.45) is 4.82. The maximum atomic E-state index is 11.0. The molecule has 0 bridgehead atoms. The van der Waals surface area contributed by atoms with Gasteiger partial charge >= 0.3 is 5.97 Å². The number of anilines is 1. The number of aromatic nitrogens is 1. The molecule has 1 aromatic rings. The van der Waals surface area contributed by atoms with E-state index in [-0.39, 0.29) is 0 Å². The van der Waals surface area contributed by atoms with E-state index in [1.165, 1.54) is 0 Å². The van der Waals surface area contributed by atoms with Gasteiger partial charge in [0.2, 0.25) is 0 Å². The molecule has 0 radical (unpaired) electrons. The standard InChI is InChI=1S/C11H13N3O2S/c15-10(16)9-4-2-6-14(9)11(17)13-8-3-1-5-12-7-8/h1,3,5,7,9H,2,4,6H2,(H,13,17)(H,15,16)/t9-/m0/s1. The fraction of sp³-hybridized carbons (Fsp3) is 0.364. The third-order valence-corrected chi connectivity index (χ3v) is 3.05. The SMILES string of the molecule is O=C(O)[C@@H]1CCCN1C(=S)Nc1cccnc1. The van der Waals surface area contributed by atoms with E-state index >= 15 is 0 Å². The van der Waals surface area contributed by atoms with Gasteiger partial charge in [-0.2, -0.15) is 0 Å². The van der Waals surface area contributed by atoms with Crippen LogP contribution in [0.2, 0.25) is 0 Å². The number of aliphatic carboxylic acids is 1. The predicted molar refractivity (Wildman–Crippen MR) is 67.8 cm³/mol. The van der Waals surface area contributed by atoms with Gasteiger partial charge in [-0.1, -0.05) is 0 Å². The predicted octanol–water partition coefficient (Wildman–Crippen LogP) is 1.33. The minimum Gasteiger partial charge on any atom is -0.480 e. The zero-order chi connectivity index (χ0) is 12.3. The minimum absolute atomic E-state index is 0.447. The number of likely N-dealkylation sites (tertiary alicyclic amines) is 1. The lowest BCUT2D eigenvalue weighted by Crippen LogP contribution is -2.42. The Hall–Kier alpha value is -1.69. The lowest BCUT2D eigenvalue weighted by molar-refractivity contribution is -0.140. The number of nitrogens with zero attached hydrogens (tertiary/aromatic N) is 2. The number of hydrogen-bond donors (Lipinski definition) is 2. The normalized spacial score (nSPS) is 19.1. The summed E-state index contributed by atoms with van der Waals surface area (Å²) < 4.78 is 0.